The summed E-state index contributed by atoms with van der Waals surface area (Å²) < 4.78 is 5.25. The maximum Gasteiger partial charge on any atom is 0.413 e. The van der Waals surface area contributed by atoms with Crippen LogP contribution in [0.2, 0.25) is 0 Å². The Morgan fingerprint density at radius 2 is 1.71 bits per heavy atom. The fraction of sp³-hybridized carbons (Fsp3) is 0.455. The smallest absolute Gasteiger partial charge is 0.413 e. The quantitative estimate of drug-likeness (QED) is 0.854. The Bertz CT molecular complexity index is 819. The maximum absolute atomic E-state index is 11.8. The highest BCUT2D eigenvalue weighted by Crippen LogP contribution is 2.25. The zero-order chi connectivity index (χ0) is 20.3. The number of aromatic nitrogens is 1. The van der Waals surface area contributed by atoms with Gasteiger partial charge in [-0.25, -0.2) is 9.78 Å². The Balaban J connectivity index is 1.57. The fourth-order valence-electron chi connectivity index (χ4n) is 3.34. The standard InChI is InChI=1S/C22H30N4O2/c1-16-7-6-8-19(17(16)2)26-13-11-25(12-14-26)18-9-10-20(23-15-18)24-21(27)28-22(3,4)5/h6-10,15H,11-14H2,1-5H3,(H,23,24,27). The Morgan fingerprint density at radius 1 is 1.04 bits per heavy atom. The first-order valence-corrected chi connectivity index (χ1v) is 9.75. The van der Waals surface area contributed by atoms with Crippen molar-refractivity contribution in [2.75, 3.05) is 41.3 Å². The third-order valence-corrected chi connectivity index (χ3v) is 4.94. The van der Waals surface area contributed by atoms with Crippen LogP contribution in [-0.4, -0.2) is 42.9 Å². The molecular formula is C22H30N4O2. The lowest BCUT2D eigenvalue weighted by molar-refractivity contribution is 0.0635. The van der Waals surface area contributed by atoms with Gasteiger partial charge in [-0.1, -0.05) is 12.1 Å². The summed E-state index contributed by atoms with van der Waals surface area (Å²) in [7, 11) is 0. The molecule has 28 heavy (non-hydrogen) atoms. The number of hydrogen-bond donors (Lipinski definition) is 1. The molecule has 1 aromatic heterocycles. The molecule has 1 aromatic carbocycles. The van der Waals surface area contributed by atoms with Crippen molar-refractivity contribution in [2.24, 2.45) is 0 Å². The summed E-state index contributed by atoms with van der Waals surface area (Å²) in [4.78, 5) is 21.0. The lowest BCUT2D eigenvalue weighted by Gasteiger charge is -2.38. The highest BCUT2D eigenvalue weighted by molar-refractivity contribution is 5.83. The van der Waals surface area contributed by atoms with E-state index in [0.29, 0.717) is 5.82 Å². The number of anilines is 3. The van der Waals surface area contributed by atoms with Gasteiger partial charge >= 0.3 is 6.09 Å². The second-order valence-electron chi connectivity index (χ2n) is 8.22. The van der Waals surface area contributed by atoms with Crippen molar-refractivity contribution in [3.8, 4) is 0 Å². The molecule has 0 atom stereocenters. The predicted octanol–water partition coefficient (Wildman–Crippen LogP) is 4.37. The highest BCUT2D eigenvalue weighted by Gasteiger charge is 2.20. The first-order valence-electron chi connectivity index (χ1n) is 9.75. The molecule has 0 unspecified atom stereocenters. The molecule has 6 heteroatoms. The highest BCUT2D eigenvalue weighted by atomic mass is 16.6. The summed E-state index contributed by atoms with van der Waals surface area (Å²) in [6, 6.07) is 10.3. The van der Waals surface area contributed by atoms with Gasteiger partial charge < -0.3 is 14.5 Å². The van der Waals surface area contributed by atoms with Crippen molar-refractivity contribution in [2.45, 2.75) is 40.2 Å². The molecule has 0 saturated carbocycles. The van der Waals surface area contributed by atoms with Crippen molar-refractivity contribution < 1.29 is 9.53 Å². The summed E-state index contributed by atoms with van der Waals surface area (Å²) >= 11 is 0. The van der Waals surface area contributed by atoms with E-state index in [2.05, 4.69) is 52.1 Å². The van der Waals surface area contributed by atoms with Crippen LogP contribution in [0.25, 0.3) is 0 Å². The fourth-order valence-corrected chi connectivity index (χ4v) is 3.34. The molecule has 0 aliphatic carbocycles. The zero-order valence-corrected chi connectivity index (χ0v) is 17.5. The minimum absolute atomic E-state index is 0.491. The molecule has 0 radical (unpaired) electrons. The second-order valence-corrected chi connectivity index (χ2v) is 8.22. The number of benzene rings is 1. The summed E-state index contributed by atoms with van der Waals surface area (Å²) in [5.41, 5.74) is 4.55. The summed E-state index contributed by atoms with van der Waals surface area (Å²) in [5, 5.41) is 2.67. The Morgan fingerprint density at radius 3 is 2.32 bits per heavy atom. The monoisotopic (exact) mass is 382 g/mol. The van der Waals surface area contributed by atoms with Crippen LogP contribution < -0.4 is 15.1 Å². The van der Waals surface area contributed by atoms with Gasteiger partial charge in [-0.15, -0.1) is 0 Å². The molecule has 1 fully saturated rings. The molecular weight excluding hydrogens is 352 g/mol. The van der Waals surface area contributed by atoms with E-state index in [9.17, 15) is 4.79 Å². The first-order chi connectivity index (χ1) is 13.2. The normalized spacial score (nSPS) is 14.8. The number of amides is 1. The van der Waals surface area contributed by atoms with Crippen molar-refractivity contribution in [1.82, 2.24) is 4.98 Å². The minimum Gasteiger partial charge on any atom is -0.444 e. The van der Waals surface area contributed by atoms with Crippen LogP contribution in [0.3, 0.4) is 0 Å². The van der Waals surface area contributed by atoms with E-state index >= 15 is 0 Å². The van der Waals surface area contributed by atoms with Crippen molar-refractivity contribution >= 4 is 23.3 Å². The zero-order valence-electron chi connectivity index (χ0n) is 17.5. The van der Waals surface area contributed by atoms with E-state index < -0.39 is 11.7 Å². The lowest BCUT2D eigenvalue weighted by atomic mass is 10.1. The molecule has 2 heterocycles. The first kappa shape index (κ1) is 20.0. The third-order valence-electron chi connectivity index (χ3n) is 4.94. The summed E-state index contributed by atoms with van der Waals surface area (Å²) in [6.07, 6.45) is 1.31. The van der Waals surface area contributed by atoms with Crippen molar-refractivity contribution in [3.05, 3.63) is 47.7 Å². The Labute approximate surface area is 167 Å². The number of piperazine rings is 1. The molecule has 1 aliphatic heterocycles. The van der Waals surface area contributed by atoms with Gasteiger partial charge in [0.1, 0.15) is 11.4 Å². The van der Waals surface area contributed by atoms with Gasteiger partial charge in [-0.05, 0) is 63.9 Å². The predicted molar refractivity (Wildman–Crippen MR) is 114 cm³/mol. The molecule has 6 nitrogen and oxygen atoms in total. The maximum atomic E-state index is 11.8. The Hall–Kier alpha value is -2.76. The van der Waals surface area contributed by atoms with Gasteiger partial charge in [0.25, 0.3) is 0 Å². The van der Waals surface area contributed by atoms with Gasteiger partial charge in [0.05, 0.1) is 11.9 Å². The molecule has 1 aliphatic rings. The number of pyridine rings is 1. The van der Waals surface area contributed by atoms with E-state index in [4.69, 9.17) is 4.74 Å². The number of hydrogen-bond acceptors (Lipinski definition) is 5. The number of nitrogens with one attached hydrogen (secondary N) is 1. The van der Waals surface area contributed by atoms with Gasteiger partial charge in [-0.2, -0.15) is 0 Å². The van der Waals surface area contributed by atoms with Gasteiger partial charge in [0.2, 0.25) is 0 Å². The average Bonchev–Trinajstić information content (AvgIpc) is 2.63. The molecule has 2 aromatic rings. The number of rotatable bonds is 3. The average molecular weight is 383 g/mol. The number of nitrogens with zero attached hydrogens (tertiary/aromatic N) is 3. The molecule has 0 spiro atoms. The Kier molecular flexibility index (Phi) is 5.77. The van der Waals surface area contributed by atoms with E-state index in [1.54, 1.807) is 6.20 Å². The summed E-state index contributed by atoms with van der Waals surface area (Å²) in [5.74, 6) is 0.493. The van der Waals surface area contributed by atoms with Crippen LogP contribution in [-0.2, 0) is 4.74 Å². The van der Waals surface area contributed by atoms with Gasteiger partial charge in [0.15, 0.2) is 0 Å². The van der Waals surface area contributed by atoms with E-state index in [1.807, 2.05) is 32.9 Å². The van der Waals surface area contributed by atoms with E-state index in [1.165, 1.54) is 16.8 Å². The second kappa shape index (κ2) is 8.09. The van der Waals surface area contributed by atoms with Crippen LogP contribution >= 0.6 is 0 Å². The van der Waals surface area contributed by atoms with E-state index in [-0.39, 0.29) is 0 Å². The van der Waals surface area contributed by atoms with E-state index in [0.717, 1.165) is 31.9 Å². The molecule has 150 valence electrons. The van der Waals surface area contributed by atoms with Crippen LogP contribution in [0, 0.1) is 13.8 Å². The van der Waals surface area contributed by atoms with Crippen molar-refractivity contribution in [1.29, 1.82) is 0 Å². The van der Waals surface area contributed by atoms with Crippen LogP contribution in [0.5, 0.6) is 0 Å². The molecule has 1 saturated heterocycles. The molecule has 1 N–H and O–H groups in total. The third kappa shape index (κ3) is 4.94. The van der Waals surface area contributed by atoms with Crippen LogP contribution in [0.15, 0.2) is 36.5 Å². The van der Waals surface area contributed by atoms with Crippen molar-refractivity contribution in [3.63, 3.8) is 0 Å². The lowest BCUT2D eigenvalue weighted by Crippen LogP contribution is -2.46. The molecule has 0 bridgehead atoms. The van der Waals surface area contributed by atoms with Crippen LogP contribution in [0.1, 0.15) is 31.9 Å². The number of carbonyl (C=O) groups is 1. The van der Waals surface area contributed by atoms with Gasteiger partial charge in [0, 0.05) is 31.9 Å². The largest absolute Gasteiger partial charge is 0.444 e. The minimum atomic E-state index is -0.528. The van der Waals surface area contributed by atoms with Crippen LogP contribution in [0.4, 0.5) is 22.0 Å². The number of ether oxygens (including phenoxy) is 1. The van der Waals surface area contributed by atoms with Gasteiger partial charge in [-0.3, -0.25) is 5.32 Å². The SMILES string of the molecule is Cc1cccc(N2CCN(c3ccc(NC(=O)OC(C)(C)C)nc3)CC2)c1C. The number of carbonyl (C=O) groups excluding carboxylic acids is 1. The molecule has 1 amide bonds. The molecule has 3 rings (SSSR count). The number of aryl methyl sites for hydroxylation is 1. The summed E-state index contributed by atoms with van der Waals surface area (Å²) in [6.45, 7) is 13.7. The topological polar surface area (TPSA) is 57.7 Å².